The van der Waals surface area contributed by atoms with E-state index < -0.39 is 0 Å². The highest BCUT2D eigenvalue weighted by molar-refractivity contribution is 5.81. The van der Waals surface area contributed by atoms with Gasteiger partial charge in [-0.15, -0.1) is 0 Å². The molecule has 1 aromatic rings. The van der Waals surface area contributed by atoms with Crippen LogP contribution in [0.15, 0.2) is 18.3 Å². The van der Waals surface area contributed by atoms with Gasteiger partial charge in [0.05, 0.1) is 18.9 Å². The van der Waals surface area contributed by atoms with Gasteiger partial charge in [0.1, 0.15) is 6.61 Å². The zero-order valence-corrected chi connectivity index (χ0v) is 12.3. The van der Waals surface area contributed by atoms with Crippen molar-refractivity contribution in [2.75, 3.05) is 6.61 Å². The smallest absolute Gasteiger partial charge is 0.161 e. The van der Waals surface area contributed by atoms with Gasteiger partial charge < -0.3 is 9.84 Å². The minimum absolute atomic E-state index is 0.0428. The standard InChI is InChI=1S/C13H19NO3.C2H6/c1-3-10(2)13(16)9-17-8-11-5-4-6-14-12(11)7-15;1-2/h4-6,10,15H,3,7-9H2,1-2H3;1-2H3. The summed E-state index contributed by atoms with van der Waals surface area (Å²) >= 11 is 0. The molecule has 108 valence electrons. The second-order valence-electron chi connectivity index (χ2n) is 4.04. The number of nitrogens with zero attached hydrogens (tertiary/aromatic N) is 1. The lowest BCUT2D eigenvalue weighted by atomic mass is 10.0. The van der Waals surface area contributed by atoms with E-state index in [4.69, 9.17) is 9.84 Å². The third-order valence-corrected chi connectivity index (χ3v) is 2.80. The fourth-order valence-electron chi connectivity index (χ4n) is 1.38. The molecule has 0 fully saturated rings. The molecule has 0 bridgehead atoms. The largest absolute Gasteiger partial charge is 0.390 e. The number of carbonyl (C=O) groups excluding carboxylic acids is 1. The Morgan fingerprint density at radius 2 is 2.16 bits per heavy atom. The molecular weight excluding hydrogens is 242 g/mol. The lowest BCUT2D eigenvalue weighted by Gasteiger charge is -2.09. The highest BCUT2D eigenvalue weighted by Gasteiger charge is 2.11. The average molecular weight is 267 g/mol. The third-order valence-electron chi connectivity index (χ3n) is 2.80. The highest BCUT2D eigenvalue weighted by Crippen LogP contribution is 2.08. The van der Waals surface area contributed by atoms with Crippen LogP contribution < -0.4 is 0 Å². The molecule has 0 saturated carbocycles. The maximum Gasteiger partial charge on any atom is 0.161 e. The molecule has 0 spiro atoms. The molecule has 1 unspecified atom stereocenters. The summed E-state index contributed by atoms with van der Waals surface area (Å²) in [5.74, 6) is 0.156. The Balaban J connectivity index is 0.00000154. The second kappa shape index (κ2) is 10.6. The molecule has 1 heterocycles. The van der Waals surface area contributed by atoms with E-state index in [0.29, 0.717) is 12.3 Å². The van der Waals surface area contributed by atoms with Crippen molar-refractivity contribution in [2.45, 2.75) is 47.3 Å². The molecule has 0 saturated heterocycles. The van der Waals surface area contributed by atoms with E-state index >= 15 is 0 Å². The minimum Gasteiger partial charge on any atom is -0.390 e. The van der Waals surface area contributed by atoms with Crippen molar-refractivity contribution in [2.24, 2.45) is 5.92 Å². The number of aromatic nitrogens is 1. The molecule has 0 amide bonds. The number of ether oxygens (including phenoxy) is 1. The number of hydrogen-bond acceptors (Lipinski definition) is 4. The van der Waals surface area contributed by atoms with Gasteiger partial charge >= 0.3 is 0 Å². The van der Waals surface area contributed by atoms with Crippen molar-refractivity contribution in [1.82, 2.24) is 4.98 Å². The third kappa shape index (κ3) is 6.45. The Bertz CT molecular complexity index is 366. The first-order valence-electron chi connectivity index (χ1n) is 6.83. The summed E-state index contributed by atoms with van der Waals surface area (Å²) in [7, 11) is 0. The first kappa shape index (κ1) is 17.7. The van der Waals surface area contributed by atoms with Gasteiger partial charge in [0.2, 0.25) is 0 Å². The first-order chi connectivity index (χ1) is 9.19. The fraction of sp³-hybridized carbons (Fsp3) is 0.600. The zero-order chi connectivity index (χ0) is 14.7. The Morgan fingerprint density at radius 1 is 1.47 bits per heavy atom. The van der Waals surface area contributed by atoms with Crippen LogP contribution in [0.1, 0.15) is 45.4 Å². The van der Waals surface area contributed by atoms with Gasteiger partial charge in [-0.25, -0.2) is 0 Å². The molecular formula is C15H25NO3. The summed E-state index contributed by atoms with van der Waals surface area (Å²) in [5, 5.41) is 9.07. The van der Waals surface area contributed by atoms with E-state index in [2.05, 4.69) is 4.98 Å². The number of hydrogen-bond donors (Lipinski definition) is 1. The molecule has 1 rings (SSSR count). The molecule has 0 radical (unpaired) electrons. The average Bonchev–Trinajstić information content (AvgIpc) is 2.48. The SMILES string of the molecule is CC.CCC(C)C(=O)COCc1cccnc1CO. The minimum atomic E-state index is -0.112. The molecule has 1 aromatic heterocycles. The summed E-state index contributed by atoms with van der Waals surface area (Å²) < 4.78 is 5.35. The van der Waals surface area contributed by atoms with Crippen molar-refractivity contribution >= 4 is 5.78 Å². The molecule has 1 N–H and O–H groups in total. The Hall–Kier alpha value is -1.26. The normalized spacial score (nSPS) is 11.4. The van der Waals surface area contributed by atoms with E-state index in [-0.39, 0.29) is 24.9 Å². The topological polar surface area (TPSA) is 59.4 Å². The van der Waals surface area contributed by atoms with Crippen LogP contribution in [0.4, 0.5) is 0 Å². The maximum absolute atomic E-state index is 11.5. The molecule has 4 nitrogen and oxygen atoms in total. The van der Waals surface area contributed by atoms with Crippen LogP contribution >= 0.6 is 0 Å². The fourth-order valence-corrected chi connectivity index (χ4v) is 1.38. The van der Waals surface area contributed by atoms with Crippen molar-refractivity contribution in [3.63, 3.8) is 0 Å². The molecule has 0 aromatic carbocycles. The predicted octanol–water partition coefficient (Wildman–Crippen LogP) is 2.73. The van der Waals surface area contributed by atoms with Gasteiger partial charge in [-0.1, -0.05) is 33.8 Å². The summed E-state index contributed by atoms with van der Waals surface area (Å²) in [6, 6.07) is 3.63. The number of pyridine rings is 1. The van der Waals surface area contributed by atoms with E-state index in [9.17, 15) is 4.79 Å². The van der Waals surface area contributed by atoms with Gasteiger partial charge in [0, 0.05) is 17.7 Å². The van der Waals surface area contributed by atoms with Gasteiger partial charge in [-0.2, -0.15) is 0 Å². The quantitative estimate of drug-likeness (QED) is 0.825. The summed E-state index contributed by atoms with van der Waals surface area (Å²) in [6.07, 6.45) is 2.45. The Labute approximate surface area is 115 Å². The lowest BCUT2D eigenvalue weighted by Crippen LogP contribution is -2.17. The van der Waals surface area contributed by atoms with Crippen molar-refractivity contribution in [3.8, 4) is 0 Å². The Morgan fingerprint density at radius 3 is 2.74 bits per heavy atom. The Kier molecular flexibility index (Phi) is 9.94. The maximum atomic E-state index is 11.5. The van der Waals surface area contributed by atoms with Gasteiger partial charge in [0.15, 0.2) is 5.78 Å². The van der Waals surface area contributed by atoms with Gasteiger partial charge in [-0.05, 0) is 12.5 Å². The molecule has 19 heavy (non-hydrogen) atoms. The van der Waals surface area contributed by atoms with Crippen LogP contribution in [0.25, 0.3) is 0 Å². The van der Waals surface area contributed by atoms with E-state index in [1.165, 1.54) is 0 Å². The van der Waals surface area contributed by atoms with Crippen molar-refractivity contribution < 1.29 is 14.6 Å². The molecule has 0 aliphatic heterocycles. The first-order valence-corrected chi connectivity index (χ1v) is 6.83. The summed E-state index contributed by atoms with van der Waals surface area (Å²) in [5.41, 5.74) is 1.43. The monoisotopic (exact) mass is 267 g/mol. The number of aliphatic hydroxyl groups excluding tert-OH is 1. The summed E-state index contributed by atoms with van der Waals surface area (Å²) in [4.78, 5) is 15.6. The second-order valence-corrected chi connectivity index (χ2v) is 4.04. The number of ketones is 1. The van der Waals surface area contributed by atoms with Crippen molar-refractivity contribution in [1.29, 1.82) is 0 Å². The number of rotatable bonds is 7. The van der Waals surface area contributed by atoms with E-state index in [1.807, 2.05) is 33.8 Å². The van der Waals surface area contributed by atoms with Crippen LogP contribution in [0.5, 0.6) is 0 Å². The van der Waals surface area contributed by atoms with Gasteiger partial charge in [-0.3, -0.25) is 9.78 Å². The number of carbonyl (C=O) groups is 1. The lowest BCUT2D eigenvalue weighted by molar-refractivity contribution is -0.127. The van der Waals surface area contributed by atoms with E-state index in [1.54, 1.807) is 12.3 Å². The van der Waals surface area contributed by atoms with Crippen LogP contribution in [-0.2, 0) is 22.7 Å². The molecule has 4 heteroatoms. The van der Waals surface area contributed by atoms with Crippen molar-refractivity contribution in [3.05, 3.63) is 29.6 Å². The van der Waals surface area contributed by atoms with Crippen LogP contribution in [0.2, 0.25) is 0 Å². The van der Waals surface area contributed by atoms with E-state index in [0.717, 1.165) is 12.0 Å². The van der Waals surface area contributed by atoms with Crippen LogP contribution in [0, 0.1) is 5.92 Å². The molecule has 1 atom stereocenters. The molecule has 0 aliphatic carbocycles. The highest BCUT2D eigenvalue weighted by atomic mass is 16.5. The van der Waals surface area contributed by atoms with Gasteiger partial charge in [0.25, 0.3) is 0 Å². The number of aliphatic hydroxyl groups is 1. The summed E-state index contributed by atoms with van der Waals surface area (Å²) in [6.45, 7) is 8.20. The number of Topliss-reactive ketones (excluding diaryl/α,β-unsaturated/α-hetero) is 1. The van der Waals surface area contributed by atoms with Crippen LogP contribution in [0.3, 0.4) is 0 Å². The predicted molar refractivity (Wildman–Crippen MR) is 75.6 cm³/mol. The van der Waals surface area contributed by atoms with Crippen LogP contribution in [-0.4, -0.2) is 22.5 Å². The molecule has 0 aliphatic rings. The zero-order valence-electron chi connectivity index (χ0n) is 12.3.